The molecule has 0 aliphatic rings. The highest BCUT2D eigenvalue weighted by molar-refractivity contribution is 6.37. The second kappa shape index (κ2) is 16.0. The van der Waals surface area contributed by atoms with Gasteiger partial charge in [0.15, 0.2) is 0 Å². The molecule has 14 aromatic carbocycles. The van der Waals surface area contributed by atoms with Gasteiger partial charge in [0, 0.05) is 33.5 Å². The maximum absolute atomic E-state index is 2.46. The number of benzene rings is 13. The number of rotatable bonds is 7. The number of aromatic nitrogens is 1. The molecule has 0 aliphatic carbocycles. The third-order valence-electron chi connectivity index (χ3n) is 15.3. The molecule has 0 unspecified atom stereocenters. The predicted molar refractivity (Wildman–Crippen MR) is 308 cm³/mol. The first kappa shape index (κ1) is 40.4. The van der Waals surface area contributed by atoms with E-state index in [-0.39, 0.29) is 0 Å². The lowest BCUT2D eigenvalue weighted by atomic mass is 9.87. The molecule has 0 N–H and O–H groups in total. The van der Waals surface area contributed by atoms with Gasteiger partial charge in [0.1, 0.15) is 0 Å². The van der Waals surface area contributed by atoms with Gasteiger partial charge in [-0.1, -0.05) is 200 Å². The van der Waals surface area contributed by atoms with E-state index in [0.29, 0.717) is 0 Å². The smallest absolute Gasteiger partial charge is 0.0541 e. The molecule has 0 saturated carbocycles. The molecule has 15 aromatic rings. The van der Waals surface area contributed by atoms with Gasteiger partial charge < -0.3 is 9.47 Å². The van der Waals surface area contributed by atoms with Crippen LogP contribution in [0.2, 0.25) is 0 Å². The Bertz CT molecular complexity index is 4560. The highest BCUT2D eigenvalue weighted by Crippen LogP contribution is 2.47. The van der Waals surface area contributed by atoms with Crippen molar-refractivity contribution in [2.45, 2.75) is 0 Å². The Kier molecular flexibility index (Phi) is 8.99. The van der Waals surface area contributed by atoms with Gasteiger partial charge in [-0.25, -0.2) is 0 Å². The van der Waals surface area contributed by atoms with Crippen LogP contribution >= 0.6 is 0 Å². The Morgan fingerprint density at radius 2 is 0.639 bits per heavy atom. The van der Waals surface area contributed by atoms with Crippen LogP contribution in [0.25, 0.3) is 126 Å². The van der Waals surface area contributed by atoms with E-state index in [1.807, 2.05) is 0 Å². The standard InChI is InChI=1S/C70H44N2/c1-3-12-45(13-4-1)46-24-26-47(27-25-46)48-32-37-56(38-33-48)71(57-39-34-49(35-40-57)53-36-41-66-63(43-53)59-19-7-8-23-65(59)72(66)55-17-5-2-6-18-55)58-42-54-31-30-52-15-10-21-61-60-20-9-14-50-28-29-51-16-11-22-62(69(51)67(50)60)64(44-58)70(54)68(52)61/h1-44H. The Balaban J connectivity index is 0.923. The zero-order valence-electron chi connectivity index (χ0n) is 39.3. The lowest BCUT2D eigenvalue weighted by Crippen LogP contribution is -2.10. The van der Waals surface area contributed by atoms with Crippen LogP contribution in [-0.2, 0) is 0 Å². The molecule has 0 saturated heterocycles. The molecule has 2 nitrogen and oxygen atoms in total. The summed E-state index contributed by atoms with van der Waals surface area (Å²) in [5, 5.41) is 17.7. The molecule has 0 radical (unpaired) electrons. The van der Waals surface area contributed by atoms with E-state index < -0.39 is 0 Å². The average Bonchev–Trinajstić information content (AvgIpc) is 3.78. The van der Waals surface area contributed by atoms with Crippen LogP contribution < -0.4 is 4.90 Å². The minimum atomic E-state index is 1.09. The van der Waals surface area contributed by atoms with Crippen LogP contribution in [0.4, 0.5) is 17.1 Å². The van der Waals surface area contributed by atoms with Crippen molar-refractivity contribution in [2.24, 2.45) is 0 Å². The number of hydrogen-bond acceptors (Lipinski definition) is 1. The zero-order chi connectivity index (χ0) is 47.3. The SMILES string of the molecule is c1ccc(-c2ccc(-c3ccc(N(c4ccc(-c5ccc6c(c5)c5ccccc5n6-c5ccccc5)cc4)c4cc5ccc6cccc7c8cccc9ccc%10cccc(c(c4)c5c67)c%10c98)cc3)cc2)cc1. The van der Waals surface area contributed by atoms with Crippen molar-refractivity contribution in [3.8, 4) is 39.1 Å². The molecule has 0 bridgehead atoms. The van der Waals surface area contributed by atoms with Gasteiger partial charge in [0.2, 0.25) is 0 Å². The zero-order valence-corrected chi connectivity index (χ0v) is 39.3. The van der Waals surface area contributed by atoms with E-state index in [1.165, 1.54) is 120 Å². The van der Waals surface area contributed by atoms with Crippen molar-refractivity contribution in [2.75, 3.05) is 4.90 Å². The number of hydrogen-bond donors (Lipinski definition) is 0. The first-order chi connectivity index (χ1) is 35.7. The van der Waals surface area contributed by atoms with E-state index in [1.54, 1.807) is 0 Å². The topological polar surface area (TPSA) is 8.17 Å². The van der Waals surface area contributed by atoms with Crippen molar-refractivity contribution in [1.82, 2.24) is 4.57 Å². The minimum Gasteiger partial charge on any atom is -0.310 e. The van der Waals surface area contributed by atoms with Crippen molar-refractivity contribution in [3.05, 3.63) is 267 Å². The first-order valence-electron chi connectivity index (χ1n) is 24.9. The summed E-state index contributed by atoms with van der Waals surface area (Å²) in [5.41, 5.74) is 14.0. The number of fused-ring (bicyclic) bond motifs is 5. The van der Waals surface area contributed by atoms with Crippen LogP contribution in [0.5, 0.6) is 0 Å². The first-order valence-corrected chi connectivity index (χ1v) is 24.9. The quantitative estimate of drug-likeness (QED) is 0.145. The molecule has 1 heterocycles. The highest BCUT2D eigenvalue weighted by Gasteiger charge is 2.20. The molecule has 15 rings (SSSR count). The number of nitrogens with zero attached hydrogens (tertiary/aromatic N) is 2. The molecule has 72 heavy (non-hydrogen) atoms. The van der Waals surface area contributed by atoms with Crippen LogP contribution in [-0.4, -0.2) is 4.57 Å². The van der Waals surface area contributed by atoms with Crippen molar-refractivity contribution in [1.29, 1.82) is 0 Å². The average molecular weight is 913 g/mol. The number of para-hydroxylation sites is 2. The van der Waals surface area contributed by atoms with Crippen molar-refractivity contribution < 1.29 is 0 Å². The molecule has 2 heteroatoms. The molecular weight excluding hydrogens is 869 g/mol. The number of anilines is 3. The maximum atomic E-state index is 2.46. The molecule has 0 fully saturated rings. The lowest BCUT2D eigenvalue weighted by molar-refractivity contribution is 1.18. The summed E-state index contributed by atoms with van der Waals surface area (Å²) in [5.74, 6) is 0. The fraction of sp³-hybridized carbons (Fsp3) is 0. The summed E-state index contributed by atoms with van der Waals surface area (Å²) in [6.45, 7) is 0. The summed E-state index contributed by atoms with van der Waals surface area (Å²) in [7, 11) is 0. The molecule has 0 aliphatic heterocycles. The monoisotopic (exact) mass is 912 g/mol. The van der Waals surface area contributed by atoms with Crippen LogP contribution in [0.1, 0.15) is 0 Å². The van der Waals surface area contributed by atoms with Crippen LogP contribution in [0.15, 0.2) is 267 Å². The van der Waals surface area contributed by atoms with Crippen LogP contribution in [0.3, 0.4) is 0 Å². The van der Waals surface area contributed by atoms with Gasteiger partial charge in [-0.3, -0.25) is 0 Å². The van der Waals surface area contributed by atoms with E-state index >= 15 is 0 Å². The summed E-state index contributed by atoms with van der Waals surface area (Å²) < 4.78 is 2.38. The predicted octanol–water partition coefficient (Wildman–Crippen LogP) is 19.6. The molecule has 0 spiro atoms. The van der Waals surface area contributed by atoms with Crippen molar-refractivity contribution in [3.63, 3.8) is 0 Å². The summed E-state index contributed by atoms with van der Waals surface area (Å²) in [4.78, 5) is 2.45. The Morgan fingerprint density at radius 1 is 0.222 bits per heavy atom. The van der Waals surface area contributed by atoms with Crippen molar-refractivity contribution >= 4 is 104 Å². The van der Waals surface area contributed by atoms with E-state index in [4.69, 9.17) is 0 Å². The largest absolute Gasteiger partial charge is 0.310 e. The fourth-order valence-corrected chi connectivity index (χ4v) is 11.9. The van der Waals surface area contributed by atoms with E-state index in [2.05, 4.69) is 276 Å². The molecule has 334 valence electrons. The highest BCUT2D eigenvalue weighted by atomic mass is 15.1. The second-order valence-corrected chi connectivity index (χ2v) is 19.2. The Hall–Kier alpha value is -9.50. The second-order valence-electron chi connectivity index (χ2n) is 19.2. The minimum absolute atomic E-state index is 1.09. The third-order valence-corrected chi connectivity index (χ3v) is 15.3. The summed E-state index contributed by atoms with van der Waals surface area (Å²) >= 11 is 0. The maximum Gasteiger partial charge on any atom is 0.0541 e. The van der Waals surface area contributed by atoms with Gasteiger partial charge in [0.05, 0.1) is 11.0 Å². The van der Waals surface area contributed by atoms with Gasteiger partial charge >= 0.3 is 0 Å². The van der Waals surface area contributed by atoms with Gasteiger partial charge in [-0.2, -0.15) is 0 Å². The summed E-state index contributed by atoms with van der Waals surface area (Å²) in [6.07, 6.45) is 0. The van der Waals surface area contributed by atoms with Crippen LogP contribution in [0, 0.1) is 0 Å². The fourth-order valence-electron chi connectivity index (χ4n) is 11.9. The van der Waals surface area contributed by atoms with Gasteiger partial charge in [-0.15, -0.1) is 0 Å². The molecule has 1 aromatic heterocycles. The third kappa shape index (κ3) is 6.29. The molecule has 0 atom stereocenters. The lowest BCUT2D eigenvalue weighted by Gasteiger charge is -2.27. The normalized spacial score (nSPS) is 11.9. The van der Waals surface area contributed by atoms with E-state index in [9.17, 15) is 0 Å². The van der Waals surface area contributed by atoms with Gasteiger partial charge in [-0.05, 0) is 165 Å². The van der Waals surface area contributed by atoms with Gasteiger partial charge in [0.25, 0.3) is 0 Å². The Labute approximate surface area is 416 Å². The summed E-state index contributed by atoms with van der Waals surface area (Å²) in [6, 6.07) is 98.7. The van der Waals surface area contributed by atoms with E-state index in [0.717, 1.165) is 22.7 Å². The molecular formula is C70H44N2. The molecule has 0 amide bonds. The Morgan fingerprint density at radius 3 is 1.22 bits per heavy atom.